The Bertz CT molecular complexity index is 1270. The fraction of sp³-hybridized carbons (Fsp3) is 0.0476. The van der Waals surface area contributed by atoms with E-state index in [4.69, 9.17) is 10.7 Å². The molecule has 7 heteroatoms. The van der Waals surface area contributed by atoms with Gasteiger partial charge >= 0.3 is 0 Å². The quantitative estimate of drug-likeness (QED) is 0.496. The molecule has 0 radical (unpaired) electrons. The van der Waals surface area contributed by atoms with E-state index >= 15 is 0 Å². The highest BCUT2D eigenvalue weighted by molar-refractivity contribution is 7.13. The second kappa shape index (κ2) is 6.54. The van der Waals surface area contributed by atoms with Gasteiger partial charge in [0.1, 0.15) is 5.01 Å². The van der Waals surface area contributed by atoms with E-state index in [0.29, 0.717) is 17.2 Å². The summed E-state index contributed by atoms with van der Waals surface area (Å²) in [5.74, 6) is 0.434. The molecule has 0 fully saturated rings. The first-order valence-corrected chi connectivity index (χ1v) is 9.68. The average molecular weight is 384 g/mol. The maximum absolute atomic E-state index is 6.42. The van der Waals surface area contributed by atoms with Gasteiger partial charge in [0.25, 0.3) is 0 Å². The van der Waals surface area contributed by atoms with Crippen LogP contribution < -0.4 is 5.73 Å². The standard InChI is InChI=1S/C21H16N6S/c1-13-17(15-10-6-3-7-11-15)20-25-24-18(19(22)27(20)26-13)21-23-16(12-28-21)14-8-4-2-5-9-14/h2-12H,22H2,1H3. The van der Waals surface area contributed by atoms with E-state index < -0.39 is 0 Å². The van der Waals surface area contributed by atoms with Crippen molar-refractivity contribution in [3.05, 3.63) is 71.7 Å². The summed E-state index contributed by atoms with van der Waals surface area (Å²) in [5, 5.41) is 16.2. The third-order valence-corrected chi connectivity index (χ3v) is 5.44. The molecule has 0 saturated carbocycles. The molecule has 0 aliphatic heterocycles. The number of nitrogens with two attached hydrogens (primary N) is 1. The molecule has 3 heterocycles. The topological polar surface area (TPSA) is 82.0 Å². The number of rotatable bonds is 3. The Kier molecular flexibility index (Phi) is 3.87. The van der Waals surface area contributed by atoms with Crippen LogP contribution in [0.15, 0.2) is 66.0 Å². The second-order valence-electron chi connectivity index (χ2n) is 6.40. The molecule has 0 saturated heterocycles. The maximum atomic E-state index is 6.42. The predicted molar refractivity (Wildman–Crippen MR) is 112 cm³/mol. The van der Waals surface area contributed by atoms with Crippen molar-refractivity contribution in [3.8, 4) is 33.1 Å². The lowest BCUT2D eigenvalue weighted by Gasteiger charge is -2.04. The summed E-state index contributed by atoms with van der Waals surface area (Å²) < 4.78 is 1.66. The Labute approximate surface area is 165 Å². The molecule has 0 aliphatic carbocycles. The normalized spacial score (nSPS) is 11.2. The van der Waals surface area contributed by atoms with Crippen LogP contribution in [0.5, 0.6) is 0 Å². The van der Waals surface area contributed by atoms with Crippen LogP contribution in [0.25, 0.3) is 38.7 Å². The summed E-state index contributed by atoms with van der Waals surface area (Å²) >= 11 is 1.49. The maximum Gasteiger partial charge on any atom is 0.187 e. The highest BCUT2D eigenvalue weighted by Gasteiger charge is 2.19. The fourth-order valence-electron chi connectivity index (χ4n) is 3.24. The van der Waals surface area contributed by atoms with Crippen LogP contribution >= 0.6 is 11.3 Å². The lowest BCUT2D eigenvalue weighted by Crippen LogP contribution is -2.05. The minimum atomic E-state index is 0.434. The van der Waals surface area contributed by atoms with Gasteiger partial charge in [0.05, 0.1) is 17.0 Å². The van der Waals surface area contributed by atoms with Crippen molar-refractivity contribution in [2.24, 2.45) is 0 Å². The molecular formula is C21H16N6S. The van der Waals surface area contributed by atoms with E-state index in [1.54, 1.807) is 4.52 Å². The smallest absolute Gasteiger partial charge is 0.187 e. The molecule has 6 nitrogen and oxygen atoms in total. The number of anilines is 1. The fourth-order valence-corrected chi connectivity index (χ4v) is 4.06. The molecule has 0 bridgehead atoms. The SMILES string of the molecule is Cc1nn2c(N)c(-c3nc(-c4ccccc4)cs3)nnc2c1-c1ccccc1. The summed E-state index contributed by atoms with van der Waals surface area (Å²) in [6, 6.07) is 20.0. The molecular weight excluding hydrogens is 368 g/mol. The minimum absolute atomic E-state index is 0.434. The van der Waals surface area contributed by atoms with Crippen LogP contribution in [0.2, 0.25) is 0 Å². The van der Waals surface area contributed by atoms with E-state index in [-0.39, 0.29) is 0 Å². The number of nitrogens with zero attached hydrogens (tertiary/aromatic N) is 5. The van der Waals surface area contributed by atoms with Crippen molar-refractivity contribution in [3.63, 3.8) is 0 Å². The highest BCUT2D eigenvalue weighted by atomic mass is 32.1. The zero-order valence-corrected chi connectivity index (χ0v) is 15.9. The van der Waals surface area contributed by atoms with Gasteiger partial charge < -0.3 is 5.73 Å². The number of nitrogen functional groups attached to an aromatic ring is 1. The lowest BCUT2D eigenvalue weighted by atomic mass is 10.1. The lowest BCUT2D eigenvalue weighted by molar-refractivity contribution is 0.892. The van der Waals surface area contributed by atoms with Gasteiger partial charge in [-0.2, -0.15) is 9.61 Å². The Morgan fingerprint density at radius 2 is 1.57 bits per heavy atom. The number of benzene rings is 2. The number of hydrogen-bond donors (Lipinski definition) is 1. The highest BCUT2D eigenvalue weighted by Crippen LogP contribution is 2.33. The molecule has 136 valence electrons. The first-order chi connectivity index (χ1) is 13.7. The van der Waals surface area contributed by atoms with E-state index in [2.05, 4.69) is 15.3 Å². The molecule has 3 aromatic heterocycles. The molecule has 0 spiro atoms. The number of fused-ring (bicyclic) bond motifs is 1. The third-order valence-electron chi connectivity index (χ3n) is 4.59. The molecule has 0 aliphatic rings. The van der Waals surface area contributed by atoms with E-state index in [9.17, 15) is 0 Å². The number of thiazole rings is 1. The predicted octanol–water partition coefficient (Wildman–Crippen LogP) is 4.47. The summed E-state index contributed by atoms with van der Waals surface area (Å²) in [4.78, 5) is 4.70. The van der Waals surface area contributed by atoms with Gasteiger partial charge in [-0.05, 0) is 12.5 Å². The molecule has 5 rings (SSSR count). The Balaban J connectivity index is 1.63. The summed E-state index contributed by atoms with van der Waals surface area (Å²) in [5.41, 5.74) is 12.4. The van der Waals surface area contributed by atoms with Crippen molar-refractivity contribution >= 4 is 22.8 Å². The van der Waals surface area contributed by atoms with Crippen LogP contribution in [0, 0.1) is 6.92 Å². The van der Waals surface area contributed by atoms with Gasteiger partial charge in [-0.25, -0.2) is 4.98 Å². The van der Waals surface area contributed by atoms with Gasteiger partial charge in [0.2, 0.25) is 0 Å². The monoisotopic (exact) mass is 384 g/mol. The number of aromatic nitrogens is 5. The first kappa shape index (κ1) is 16.6. The van der Waals surface area contributed by atoms with Crippen molar-refractivity contribution in [1.29, 1.82) is 0 Å². The molecule has 28 heavy (non-hydrogen) atoms. The molecule has 5 aromatic rings. The molecule has 0 amide bonds. The Morgan fingerprint density at radius 3 is 2.29 bits per heavy atom. The largest absolute Gasteiger partial charge is 0.382 e. The second-order valence-corrected chi connectivity index (χ2v) is 7.26. The summed E-state index contributed by atoms with van der Waals surface area (Å²) in [6.07, 6.45) is 0. The van der Waals surface area contributed by atoms with Crippen molar-refractivity contribution in [2.45, 2.75) is 6.92 Å². The minimum Gasteiger partial charge on any atom is -0.382 e. The van der Waals surface area contributed by atoms with Crippen LogP contribution in [-0.4, -0.2) is 24.8 Å². The third kappa shape index (κ3) is 2.64. The number of hydrogen-bond acceptors (Lipinski definition) is 6. The van der Waals surface area contributed by atoms with E-state index in [0.717, 1.165) is 33.1 Å². The Morgan fingerprint density at radius 1 is 0.893 bits per heavy atom. The van der Waals surface area contributed by atoms with E-state index in [1.807, 2.05) is 73.0 Å². The van der Waals surface area contributed by atoms with Crippen LogP contribution in [0.1, 0.15) is 5.69 Å². The van der Waals surface area contributed by atoms with Crippen molar-refractivity contribution in [2.75, 3.05) is 5.73 Å². The molecule has 0 unspecified atom stereocenters. The zero-order chi connectivity index (χ0) is 19.1. The van der Waals surface area contributed by atoms with Crippen molar-refractivity contribution in [1.82, 2.24) is 24.8 Å². The van der Waals surface area contributed by atoms with E-state index in [1.165, 1.54) is 11.3 Å². The molecule has 0 atom stereocenters. The number of aryl methyl sites for hydroxylation is 1. The zero-order valence-electron chi connectivity index (χ0n) is 15.1. The van der Waals surface area contributed by atoms with Crippen LogP contribution in [0.3, 0.4) is 0 Å². The first-order valence-electron chi connectivity index (χ1n) is 8.80. The summed E-state index contributed by atoms with van der Waals surface area (Å²) in [6.45, 7) is 1.95. The molecule has 2 N–H and O–H groups in total. The van der Waals surface area contributed by atoms with Crippen LogP contribution in [0.4, 0.5) is 5.82 Å². The Hall–Kier alpha value is -3.58. The van der Waals surface area contributed by atoms with Gasteiger partial charge in [-0.3, -0.25) is 0 Å². The van der Waals surface area contributed by atoms with Gasteiger partial charge in [0.15, 0.2) is 17.2 Å². The average Bonchev–Trinajstić information content (AvgIpc) is 3.35. The van der Waals surface area contributed by atoms with Gasteiger partial charge in [0, 0.05) is 10.9 Å². The molecule has 2 aromatic carbocycles. The van der Waals surface area contributed by atoms with Gasteiger partial charge in [-0.1, -0.05) is 60.7 Å². The summed E-state index contributed by atoms with van der Waals surface area (Å²) in [7, 11) is 0. The van der Waals surface area contributed by atoms with Crippen molar-refractivity contribution < 1.29 is 0 Å². The van der Waals surface area contributed by atoms with Gasteiger partial charge in [-0.15, -0.1) is 21.5 Å². The van der Waals surface area contributed by atoms with Crippen LogP contribution in [-0.2, 0) is 0 Å².